The van der Waals surface area contributed by atoms with E-state index >= 15 is 0 Å². The zero-order chi connectivity index (χ0) is 13.1. The van der Waals surface area contributed by atoms with Crippen LogP contribution in [0.25, 0.3) is 0 Å². The number of amides is 1. The van der Waals surface area contributed by atoms with E-state index < -0.39 is 0 Å². The van der Waals surface area contributed by atoms with Crippen LogP contribution in [0.15, 0.2) is 41.1 Å². The molecule has 0 saturated carbocycles. The molecule has 94 valence electrons. The van der Waals surface area contributed by atoms with Gasteiger partial charge in [-0.05, 0) is 45.8 Å². The molecule has 0 unspecified atom stereocenters. The highest BCUT2D eigenvalue weighted by Gasteiger charge is 2.07. The number of halogens is 2. The van der Waals surface area contributed by atoms with E-state index in [1.54, 1.807) is 18.2 Å². The summed E-state index contributed by atoms with van der Waals surface area (Å²) in [6.45, 7) is 0.514. The zero-order valence-corrected chi connectivity index (χ0v) is 12.1. The van der Waals surface area contributed by atoms with E-state index in [9.17, 15) is 4.79 Å². The van der Waals surface area contributed by atoms with Crippen LogP contribution in [0.2, 0.25) is 5.02 Å². The monoisotopic (exact) mass is 326 g/mol. The predicted molar refractivity (Wildman–Crippen MR) is 75.7 cm³/mol. The normalized spacial score (nSPS) is 10.4. The molecule has 1 N–H and O–H groups in total. The number of hydrogen-bond donors (Lipinski definition) is 1. The van der Waals surface area contributed by atoms with Crippen LogP contribution < -0.4 is 5.32 Å². The van der Waals surface area contributed by atoms with Gasteiger partial charge in [0.05, 0.1) is 5.02 Å². The van der Waals surface area contributed by atoms with E-state index in [4.69, 9.17) is 11.6 Å². The van der Waals surface area contributed by atoms with Gasteiger partial charge in [0, 0.05) is 36.0 Å². The molecule has 0 atom stereocenters. The first-order valence-corrected chi connectivity index (χ1v) is 6.57. The fourth-order valence-corrected chi connectivity index (χ4v) is 2.08. The van der Waals surface area contributed by atoms with Crippen molar-refractivity contribution >= 4 is 33.4 Å². The quantitative estimate of drug-likeness (QED) is 0.921. The molecule has 0 spiro atoms. The van der Waals surface area contributed by atoms with Gasteiger partial charge in [0.1, 0.15) is 0 Å². The second kappa shape index (κ2) is 5.59. The second-order valence-electron chi connectivity index (χ2n) is 4.00. The Morgan fingerprint density at radius 2 is 2.22 bits per heavy atom. The third-order valence-corrected chi connectivity index (χ3v) is 3.74. The fourth-order valence-electron chi connectivity index (χ4n) is 1.59. The topological polar surface area (TPSA) is 34.0 Å². The molecule has 18 heavy (non-hydrogen) atoms. The van der Waals surface area contributed by atoms with E-state index in [2.05, 4.69) is 21.2 Å². The highest BCUT2D eigenvalue weighted by molar-refractivity contribution is 9.10. The second-order valence-corrected chi connectivity index (χ2v) is 5.26. The number of carbonyl (C=O) groups excluding carboxylic acids is 1. The first kappa shape index (κ1) is 13.2. The number of carbonyl (C=O) groups is 1. The van der Waals surface area contributed by atoms with Gasteiger partial charge in [0.15, 0.2) is 0 Å². The molecule has 1 aromatic carbocycles. The summed E-state index contributed by atoms with van der Waals surface area (Å²) >= 11 is 9.18. The minimum absolute atomic E-state index is 0.115. The molecule has 0 aliphatic rings. The van der Waals surface area contributed by atoms with Crippen LogP contribution in [-0.2, 0) is 13.6 Å². The maximum absolute atomic E-state index is 11.9. The van der Waals surface area contributed by atoms with Crippen molar-refractivity contribution in [1.29, 1.82) is 0 Å². The molecule has 0 aliphatic carbocycles. The summed E-state index contributed by atoms with van der Waals surface area (Å²) < 4.78 is 2.66. The number of aryl methyl sites for hydroxylation is 1. The Balaban J connectivity index is 2.01. The van der Waals surface area contributed by atoms with Gasteiger partial charge in [0.2, 0.25) is 0 Å². The molecule has 2 aromatic rings. The van der Waals surface area contributed by atoms with Crippen molar-refractivity contribution in [3.8, 4) is 0 Å². The van der Waals surface area contributed by atoms with Gasteiger partial charge in [-0.1, -0.05) is 11.6 Å². The molecule has 5 heteroatoms. The summed E-state index contributed by atoms with van der Waals surface area (Å²) in [4.78, 5) is 11.9. The number of hydrogen-bond acceptors (Lipinski definition) is 1. The lowest BCUT2D eigenvalue weighted by molar-refractivity contribution is 0.0951. The molecule has 0 radical (unpaired) electrons. The number of nitrogens with one attached hydrogen (secondary N) is 1. The number of rotatable bonds is 3. The number of aromatic nitrogens is 1. The summed E-state index contributed by atoms with van der Waals surface area (Å²) in [5.74, 6) is -0.115. The van der Waals surface area contributed by atoms with E-state index in [0.29, 0.717) is 17.1 Å². The van der Waals surface area contributed by atoms with Gasteiger partial charge in [-0.2, -0.15) is 0 Å². The van der Waals surface area contributed by atoms with Gasteiger partial charge in [-0.25, -0.2) is 0 Å². The summed E-state index contributed by atoms with van der Waals surface area (Å²) in [7, 11) is 1.95. The molecule has 0 fully saturated rings. The van der Waals surface area contributed by atoms with Gasteiger partial charge in [-0.3, -0.25) is 4.79 Å². The van der Waals surface area contributed by atoms with Crippen molar-refractivity contribution in [2.45, 2.75) is 6.54 Å². The van der Waals surface area contributed by atoms with Crippen molar-refractivity contribution in [2.75, 3.05) is 0 Å². The average Bonchev–Trinajstić information content (AvgIpc) is 2.75. The van der Waals surface area contributed by atoms with Crippen LogP contribution >= 0.6 is 27.5 Å². The molecule has 1 amide bonds. The van der Waals surface area contributed by atoms with Crippen LogP contribution in [0.5, 0.6) is 0 Å². The van der Waals surface area contributed by atoms with Crippen LogP contribution in [0.4, 0.5) is 0 Å². The first-order chi connectivity index (χ1) is 8.56. The number of benzene rings is 1. The first-order valence-electron chi connectivity index (χ1n) is 5.40. The van der Waals surface area contributed by atoms with Crippen molar-refractivity contribution < 1.29 is 4.79 Å². The highest BCUT2D eigenvalue weighted by atomic mass is 79.9. The van der Waals surface area contributed by atoms with Crippen LogP contribution in [0, 0.1) is 0 Å². The summed E-state index contributed by atoms with van der Waals surface area (Å²) in [5.41, 5.74) is 1.65. The van der Waals surface area contributed by atoms with Crippen LogP contribution in [0.1, 0.15) is 15.9 Å². The van der Waals surface area contributed by atoms with Crippen molar-refractivity contribution in [3.05, 3.63) is 57.3 Å². The Morgan fingerprint density at radius 1 is 1.44 bits per heavy atom. The third-order valence-electron chi connectivity index (χ3n) is 2.53. The van der Waals surface area contributed by atoms with Crippen LogP contribution in [0.3, 0.4) is 0 Å². The SMILES string of the molecule is Cn1ccc(CNC(=O)c2ccc(Cl)c(Br)c2)c1. The minimum atomic E-state index is -0.115. The molecule has 2 rings (SSSR count). The van der Waals surface area contributed by atoms with Crippen LogP contribution in [-0.4, -0.2) is 10.5 Å². The molecule has 0 saturated heterocycles. The molecule has 0 aliphatic heterocycles. The molecular weight excluding hydrogens is 316 g/mol. The largest absolute Gasteiger partial charge is 0.357 e. The average molecular weight is 328 g/mol. The van der Waals surface area contributed by atoms with E-state index in [1.807, 2.05) is 30.1 Å². The lowest BCUT2D eigenvalue weighted by Crippen LogP contribution is -2.22. The van der Waals surface area contributed by atoms with Gasteiger partial charge in [0.25, 0.3) is 5.91 Å². The van der Waals surface area contributed by atoms with E-state index in [0.717, 1.165) is 10.0 Å². The summed E-state index contributed by atoms with van der Waals surface area (Å²) in [5, 5.41) is 3.45. The fraction of sp³-hybridized carbons (Fsp3) is 0.154. The Kier molecular flexibility index (Phi) is 4.09. The third kappa shape index (κ3) is 3.15. The van der Waals surface area contributed by atoms with Crippen molar-refractivity contribution in [3.63, 3.8) is 0 Å². The van der Waals surface area contributed by atoms with Crippen molar-refractivity contribution in [2.24, 2.45) is 7.05 Å². The Labute approximate surface area is 119 Å². The van der Waals surface area contributed by atoms with E-state index in [-0.39, 0.29) is 5.91 Å². The standard InChI is InChI=1S/C13H12BrClN2O/c1-17-5-4-9(8-17)7-16-13(18)10-2-3-12(15)11(14)6-10/h2-6,8H,7H2,1H3,(H,16,18). The molecule has 0 bridgehead atoms. The maximum Gasteiger partial charge on any atom is 0.251 e. The minimum Gasteiger partial charge on any atom is -0.357 e. The predicted octanol–water partition coefficient (Wildman–Crippen LogP) is 3.37. The van der Waals surface area contributed by atoms with Gasteiger partial charge >= 0.3 is 0 Å². The molecule has 1 heterocycles. The number of nitrogens with zero attached hydrogens (tertiary/aromatic N) is 1. The smallest absolute Gasteiger partial charge is 0.251 e. The molecule has 1 aromatic heterocycles. The highest BCUT2D eigenvalue weighted by Crippen LogP contribution is 2.23. The Hall–Kier alpha value is -1.26. The summed E-state index contributed by atoms with van der Waals surface area (Å²) in [6.07, 6.45) is 3.92. The lowest BCUT2D eigenvalue weighted by Gasteiger charge is -2.05. The Morgan fingerprint density at radius 3 is 2.83 bits per heavy atom. The lowest BCUT2D eigenvalue weighted by atomic mass is 10.2. The Bertz CT molecular complexity index is 580. The molecular formula is C13H12BrClN2O. The van der Waals surface area contributed by atoms with Gasteiger partial charge < -0.3 is 9.88 Å². The van der Waals surface area contributed by atoms with Gasteiger partial charge in [-0.15, -0.1) is 0 Å². The van der Waals surface area contributed by atoms with Crippen molar-refractivity contribution in [1.82, 2.24) is 9.88 Å². The molecule has 3 nitrogen and oxygen atoms in total. The van der Waals surface area contributed by atoms with E-state index in [1.165, 1.54) is 0 Å². The summed E-state index contributed by atoms with van der Waals surface area (Å²) in [6, 6.07) is 7.08. The zero-order valence-electron chi connectivity index (χ0n) is 9.78. The maximum atomic E-state index is 11.9.